The van der Waals surface area contributed by atoms with Crippen molar-refractivity contribution in [2.45, 2.75) is 32.9 Å². The predicted octanol–water partition coefficient (Wildman–Crippen LogP) is 3.80. The largest absolute Gasteiger partial charge is 0.159 e. The molecule has 0 aliphatic carbocycles. The van der Waals surface area contributed by atoms with E-state index in [2.05, 4.69) is 55.4 Å². The molecule has 0 aromatic carbocycles. The van der Waals surface area contributed by atoms with Crippen LogP contribution in [0.5, 0.6) is 0 Å². The summed E-state index contributed by atoms with van der Waals surface area (Å²) < 4.78 is 0. The molecule has 0 saturated heterocycles. The van der Waals surface area contributed by atoms with Gasteiger partial charge in [0, 0.05) is 5.33 Å². The third-order valence-electron chi connectivity index (χ3n) is 1.78. The van der Waals surface area contributed by atoms with Crippen LogP contribution in [0.25, 0.3) is 0 Å². The van der Waals surface area contributed by atoms with Crippen LogP contribution < -0.4 is 0 Å². The predicted molar refractivity (Wildman–Crippen MR) is 59.7 cm³/mol. The molecule has 0 saturated carbocycles. The van der Waals surface area contributed by atoms with E-state index in [1.165, 1.54) is 5.75 Å². The second-order valence-electron chi connectivity index (χ2n) is 3.54. The fourth-order valence-corrected chi connectivity index (χ4v) is 3.15. The fourth-order valence-electron chi connectivity index (χ4n) is 0.731. The van der Waals surface area contributed by atoms with Gasteiger partial charge in [0.1, 0.15) is 0 Å². The Balaban J connectivity index is 3.52. The van der Waals surface area contributed by atoms with Gasteiger partial charge in [0.25, 0.3) is 0 Å². The van der Waals surface area contributed by atoms with Crippen LogP contribution >= 0.6 is 27.7 Å². The maximum absolute atomic E-state index is 3.55. The summed E-state index contributed by atoms with van der Waals surface area (Å²) in [4.78, 5) is 0. The van der Waals surface area contributed by atoms with Crippen molar-refractivity contribution in [2.75, 3.05) is 11.1 Å². The monoisotopic (exact) mass is 238 g/mol. The zero-order valence-corrected chi connectivity index (χ0v) is 10.3. The van der Waals surface area contributed by atoms with Crippen LogP contribution in [0.2, 0.25) is 0 Å². The Morgan fingerprint density at radius 2 is 1.73 bits per heavy atom. The molecule has 0 bridgehead atoms. The molecule has 0 nitrogen and oxygen atoms in total. The molecule has 0 rings (SSSR count). The molecule has 0 aromatic heterocycles. The number of rotatable bonds is 5. The van der Waals surface area contributed by atoms with Crippen molar-refractivity contribution < 1.29 is 0 Å². The topological polar surface area (TPSA) is 0 Å². The highest BCUT2D eigenvalue weighted by Crippen LogP contribution is 2.21. The Morgan fingerprint density at radius 1 is 1.18 bits per heavy atom. The maximum Gasteiger partial charge on any atom is 0.00700 e. The maximum atomic E-state index is 3.55. The molecule has 11 heavy (non-hydrogen) atoms. The molecular formula is C9H19BrS. The van der Waals surface area contributed by atoms with Crippen LogP contribution in [0.3, 0.4) is 0 Å². The Bertz CT molecular complexity index is 91.6. The zero-order chi connectivity index (χ0) is 8.85. The average Bonchev–Trinajstić information content (AvgIpc) is 1.87. The van der Waals surface area contributed by atoms with E-state index in [4.69, 9.17) is 0 Å². The standard InChI is InChI=1S/C9H19BrS/c1-7(2)9(5-10)6-11-8(3)4/h7-9H,5-6H2,1-4H3. The first-order valence-corrected chi connectivity index (χ1v) is 6.42. The summed E-state index contributed by atoms with van der Waals surface area (Å²) in [5.74, 6) is 2.93. The van der Waals surface area contributed by atoms with Gasteiger partial charge in [-0.2, -0.15) is 11.8 Å². The van der Waals surface area contributed by atoms with E-state index in [0.717, 1.165) is 22.4 Å². The summed E-state index contributed by atoms with van der Waals surface area (Å²) in [6.07, 6.45) is 0. The number of halogens is 1. The van der Waals surface area contributed by atoms with Gasteiger partial charge in [-0.15, -0.1) is 0 Å². The van der Waals surface area contributed by atoms with Crippen molar-refractivity contribution in [3.63, 3.8) is 0 Å². The lowest BCUT2D eigenvalue weighted by molar-refractivity contribution is 0.474. The van der Waals surface area contributed by atoms with Crippen molar-refractivity contribution in [1.82, 2.24) is 0 Å². The Hall–Kier alpha value is 0.830. The zero-order valence-electron chi connectivity index (χ0n) is 7.93. The minimum atomic E-state index is 0.773. The van der Waals surface area contributed by atoms with Gasteiger partial charge in [-0.1, -0.05) is 43.6 Å². The van der Waals surface area contributed by atoms with Gasteiger partial charge in [-0.25, -0.2) is 0 Å². The van der Waals surface area contributed by atoms with Crippen molar-refractivity contribution in [1.29, 1.82) is 0 Å². The summed E-state index contributed by atoms with van der Waals surface area (Å²) in [6, 6.07) is 0. The van der Waals surface area contributed by atoms with E-state index in [1.807, 2.05) is 0 Å². The van der Waals surface area contributed by atoms with Gasteiger partial charge in [0.2, 0.25) is 0 Å². The Labute approximate surface area is 83.6 Å². The molecule has 1 unspecified atom stereocenters. The normalized spacial score (nSPS) is 14.5. The first-order chi connectivity index (χ1) is 5.07. The van der Waals surface area contributed by atoms with E-state index in [1.54, 1.807) is 0 Å². The fraction of sp³-hybridized carbons (Fsp3) is 1.00. The van der Waals surface area contributed by atoms with E-state index in [9.17, 15) is 0 Å². The van der Waals surface area contributed by atoms with Crippen LogP contribution in [0, 0.1) is 11.8 Å². The van der Waals surface area contributed by atoms with Crippen molar-refractivity contribution >= 4 is 27.7 Å². The van der Waals surface area contributed by atoms with Crippen LogP contribution in [0.15, 0.2) is 0 Å². The summed E-state index contributed by atoms with van der Waals surface area (Å²) in [6.45, 7) is 9.12. The molecule has 0 heterocycles. The molecular weight excluding hydrogens is 220 g/mol. The Kier molecular flexibility index (Phi) is 6.84. The molecule has 1 atom stereocenters. The van der Waals surface area contributed by atoms with E-state index in [-0.39, 0.29) is 0 Å². The first kappa shape index (κ1) is 11.8. The molecule has 0 N–H and O–H groups in total. The molecule has 0 radical (unpaired) electrons. The summed E-state index contributed by atoms with van der Waals surface area (Å²) in [5.41, 5.74) is 0. The lowest BCUT2D eigenvalue weighted by atomic mass is 10.0. The van der Waals surface area contributed by atoms with E-state index < -0.39 is 0 Å². The molecule has 0 aliphatic heterocycles. The summed E-state index contributed by atoms with van der Waals surface area (Å²) >= 11 is 5.62. The van der Waals surface area contributed by atoms with Crippen molar-refractivity contribution in [3.8, 4) is 0 Å². The number of hydrogen-bond acceptors (Lipinski definition) is 1. The summed E-state index contributed by atoms with van der Waals surface area (Å²) in [7, 11) is 0. The van der Waals surface area contributed by atoms with Gasteiger partial charge in [-0.05, 0) is 22.8 Å². The molecule has 2 heteroatoms. The van der Waals surface area contributed by atoms with Crippen molar-refractivity contribution in [2.24, 2.45) is 11.8 Å². The third-order valence-corrected chi connectivity index (χ3v) is 3.90. The van der Waals surface area contributed by atoms with Crippen LogP contribution in [0.1, 0.15) is 27.7 Å². The molecule has 0 aliphatic rings. The quantitative estimate of drug-likeness (QED) is 0.657. The van der Waals surface area contributed by atoms with E-state index >= 15 is 0 Å². The molecule has 0 aromatic rings. The SMILES string of the molecule is CC(C)SCC(CBr)C(C)C. The highest BCUT2D eigenvalue weighted by Gasteiger charge is 2.11. The highest BCUT2D eigenvalue weighted by molar-refractivity contribution is 9.09. The van der Waals surface area contributed by atoms with Crippen LogP contribution in [-0.4, -0.2) is 16.3 Å². The van der Waals surface area contributed by atoms with Crippen LogP contribution in [0.4, 0.5) is 0 Å². The minimum Gasteiger partial charge on any atom is -0.159 e. The van der Waals surface area contributed by atoms with Gasteiger partial charge in [-0.3, -0.25) is 0 Å². The molecule has 0 spiro atoms. The highest BCUT2D eigenvalue weighted by atomic mass is 79.9. The molecule has 0 amide bonds. The number of hydrogen-bond donors (Lipinski definition) is 0. The van der Waals surface area contributed by atoms with Gasteiger partial charge in [0.15, 0.2) is 0 Å². The van der Waals surface area contributed by atoms with Crippen molar-refractivity contribution in [3.05, 3.63) is 0 Å². The smallest absolute Gasteiger partial charge is 0.00700 e. The van der Waals surface area contributed by atoms with Crippen LogP contribution in [-0.2, 0) is 0 Å². The average molecular weight is 239 g/mol. The number of alkyl halides is 1. The lowest BCUT2D eigenvalue weighted by Crippen LogP contribution is -2.14. The lowest BCUT2D eigenvalue weighted by Gasteiger charge is -2.18. The third kappa shape index (κ3) is 6.03. The Morgan fingerprint density at radius 3 is 2.00 bits per heavy atom. The second-order valence-corrected chi connectivity index (χ2v) is 5.80. The first-order valence-electron chi connectivity index (χ1n) is 4.25. The minimum absolute atomic E-state index is 0.773. The molecule has 68 valence electrons. The van der Waals surface area contributed by atoms with Gasteiger partial charge >= 0.3 is 0 Å². The van der Waals surface area contributed by atoms with E-state index in [0.29, 0.717) is 0 Å². The second kappa shape index (κ2) is 6.36. The summed E-state index contributed by atoms with van der Waals surface area (Å²) in [5, 5.41) is 1.92. The number of thioether (sulfide) groups is 1. The van der Waals surface area contributed by atoms with Gasteiger partial charge < -0.3 is 0 Å². The van der Waals surface area contributed by atoms with Gasteiger partial charge in [0.05, 0.1) is 0 Å². The molecule has 0 fully saturated rings.